The van der Waals surface area contributed by atoms with Crippen molar-refractivity contribution in [3.8, 4) is 0 Å². The smallest absolute Gasteiger partial charge is 0.232 e. The summed E-state index contributed by atoms with van der Waals surface area (Å²) >= 11 is 0. The Hall–Kier alpha value is -2.88. The molecule has 0 aromatic heterocycles. The number of carbonyl (C=O) groups excluding carboxylic acids is 2. The zero-order chi connectivity index (χ0) is 20.3. The van der Waals surface area contributed by atoms with Crippen LogP contribution < -0.4 is 5.32 Å². The van der Waals surface area contributed by atoms with Crippen LogP contribution >= 0.6 is 0 Å². The van der Waals surface area contributed by atoms with Crippen LogP contribution in [0.2, 0.25) is 0 Å². The molecule has 0 bridgehead atoms. The van der Waals surface area contributed by atoms with Gasteiger partial charge >= 0.3 is 0 Å². The third kappa shape index (κ3) is 3.71. The third-order valence-corrected chi connectivity index (χ3v) is 6.33. The molecule has 4 heteroatoms. The summed E-state index contributed by atoms with van der Waals surface area (Å²) in [7, 11) is 0. The molecule has 2 aromatic carbocycles. The Labute approximate surface area is 172 Å². The molecule has 2 aromatic rings. The molecule has 4 nitrogen and oxygen atoms in total. The van der Waals surface area contributed by atoms with Crippen molar-refractivity contribution in [1.29, 1.82) is 0 Å². The highest BCUT2D eigenvalue weighted by atomic mass is 16.2. The number of allylic oxidation sites excluding steroid dienone is 1. The summed E-state index contributed by atoms with van der Waals surface area (Å²) in [5.74, 6) is 0.158. The highest BCUT2D eigenvalue weighted by Crippen LogP contribution is 2.49. The van der Waals surface area contributed by atoms with E-state index in [0.29, 0.717) is 19.4 Å². The van der Waals surface area contributed by atoms with Crippen LogP contribution in [0.5, 0.6) is 0 Å². The number of piperidine rings is 1. The number of likely N-dealkylation sites (tertiary alicyclic amines) is 1. The molecular formula is C25H28N2O2. The Morgan fingerprint density at radius 2 is 1.76 bits per heavy atom. The number of benzene rings is 2. The standard InChI is InChI=1S/C25H28N2O2/c1-19(21-12-6-3-7-13-21)27-22-14-8-9-16-25(22,17-15-23(27)28)24(29)26-18-20-10-4-2-5-11-20/h2-7,10-14,19H,8-9,15-18H2,1H3,(H,26,29)/t19-,25-/m1/s1. The fourth-order valence-electron chi connectivity index (χ4n) is 4.72. The van der Waals surface area contributed by atoms with E-state index in [-0.39, 0.29) is 17.9 Å². The summed E-state index contributed by atoms with van der Waals surface area (Å²) in [4.78, 5) is 28.3. The Morgan fingerprint density at radius 1 is 1.07 bits per heavy atom. The van der Waals surface area contributed by atoms with Gasteiger partial charge in [-0.15, -0.1) is 0 Å². The van der Waals surface area contributed by atoms with Gasteiger partial charge in [0.05, 0.1) is 11.5 Å². The molecule has 2 amide bonds. The van der Waals surface area contributed by atoms with E-state index in [1.54, 1.807) is 0 Å². The monoisotopic (exact) mass is 388 g/mol. The lowest BCUT2D eigenvalue weighted by atomic mass is 9.68. The maximum Gasteiger partial charge on any atom is 0.232 e. The molecule has 1 heterocycles. The first-order valence-corrected chi connectivity index (χ1v) is 10.5. The third-order valence-electron chi connectivity index (χ3n) is 6.33. The molecule has 1 saturated heterocycles. The highest BCUT2D eigenvalue weighted by molar-refractivity contribution is 5.91. The lowest BCUT2D eigenvalue weighted by Gasteiger charge is -2.48. The Morgan fingerprint density at radius 3 is 2.48 bits per heavy atom. The van der Waals surface area contributed by atoms with Crippen molar-refractivity contribution in [3.05, 3.63) is 83.6 Å². The lowest BCUT2D eigenvalue weighted by molar-refractivity contribution is -0.142. The summed E-state index contributed by atoms with van der Waals surface area (Å²) in [6.07, 6.45) is 5.81. The maximum atomic E-state index is 13.4. The molecule has 1 aliphatic heterocycles. The van der Waals surface area contributed by atoms with Crippen molar-refractivity contribution in [2.45, 2.75) is 51.6 Å². The Balaban J connectivity index is 1.62. The van der Waals surface area contributed by atoms with Crippen LogP contribution in [0.1, 0.15) is 56.2 Å². The first-order valence-electron chi connectivity index (χ1n) is 10.5. The van der Waals surface area contributed by atoms with E-state index >= 15 is 0 Å². The molecule has 1 N–H and O–H groups in total. The van der Waals surface area contributed by atoms with Crippen molar-refractivity contribution >= 4 is 11.8 Å². The molecule has 4 rings (SSSR count). The number of nitrogens with one attached hydrogen (secondary N) is 1. The van der Waals surface area contributed by atoms with Gasteiger partial charge in [-0.3, -0.25) is 9.59 Å². The van der Waals surface area contributed by atoms with Crippen molar-refractivity contribution in [2.24, 2.45) is 5.41 Å². The van der Waals surface area contributed by atoms with Crippen molar-refractivity contribution < 1.29 is 9.59 Å². The normalized spacial score (nSPS) is 22.4. The van der Waals surface area contributed by atoms with Crippen LogP contribution in [0.3, 0.4) is 0 Å². The van der Waals surface area contributed by atoms with E-state index in [9.17, 15) is 9.59 Å². The van der Waals surface area contributed by atoms with Gasteiger partial charge in [0.15, 0.2) is 0 Å². The van der Waals surface area contributed by atoms with E-state index in [0.717, 1.165) is 36.1 Å². The van der Waals surface area contributed by atoms with E-state index < -0.39 is 5.41 Å². The summed E-state index contributed by atoms with van der Waals surface area (Å²) in [6.45, 7) is 2.57. The van der Waals surface area contributed by atoms with Crippen LogP contribution in [0.15, 0.2) is 72.4 Å². The highest BCUT2D eigenvalue weighted by Gasteiger charge is 2.50. The lowest BCUT2D eigenvalue weighted by Crippen LogP contribution is -2.53. The van der Waals surface area contributed by atoms with Gasteiger partial charge in [0.1, 0.15) is 0 Å². The minimum Gasteiger partial charge on any atom is -0.351 e. The maximum absolute atomic E-state index is 13.4. The number of carbonyl (C=O) groups is 2. The zero-order valence-electron chi connectivity index (χ0n) is 16.9. The molecule has 1 fully saturated rings. The largest absolute Gasteiger partial charge is 0.351 e. The van der Waals surface area contributed by atoms with Gasteiger partial charge < -0.3 is 10.2 Å². The molecule has 150 valence electrons. The summed E-state index contributed by atoms with van der Waals surface area (Å²) < 4.78 is 0. The number of hydrogen-bond acceptors (Lipinski definition) is 2. The van der Waals surface area contributed by atoms with Crippen molar-refractivity contribution in [1.82, 2.24) is 10.2 Å². The number of fused-ring (bicyclic) bond motifs is 1. The number of nitrogens with zero attached hydrogens (tertiary/aromatic N) is 1. The second-order valence-electron chi connectivity index (χ2n) is 8.08. The molecule has 0 unspecified atom stereocenters. The molecule has 0 radical (unpaired) electrons. The molecule has 0 saturated carbocycles. The average Bonchev–Trinajstić information content (AvgIpc) is 2.78. The van der Waals surface area contributed by atoms with Crippen LogP contribution in [0.4, 0.5) is 0 Å². The topological polar surface area (TPSA) is 49.4 Å². The van der Waals surface area contributed by atoms with E-state index in [1.165, 1.54) is 0 Å². The Bertz CT molecular complexity index is 907. The number of amides is 2. The van der Waals surface area contributed by atoms with Gasteiger partial charge in [-0.2, -0.15) is 0 Å². The second kappa shape index (κ2) is 8.24. The minimum absolute atomic E-state index is 0.0464. The molecule has 2 atom stereocenters. The molecule has 29 heavy (non-hydrogen) atoms. The first kappa shape index (κ1) is 19.4. The van der Waals surface area contributed by atoms with Crippen molar-refractivity contribution in [3.63, 3.8) is 0 Å². The number of rotatable bonds is 5. The zero-order valence-corrected chi connectivity index (χ0v) is 16.9. The quantitative estimate of drug-likeness (QED) is 0.804. The van der Waals surface area contributed by atoms with Gasteiger partial charge in [-0.05, 0) is 43.7 Å². The van der Waals surface area contributed by atoms with Gasteiger partial charge in [0.25, 0.3) is 0 Å². The minimum atomic E-state index is -0.607. The fourth-order valence-corrected chi connectivity index (χ4v) is 4.72. The molecule has 1 aliphatic carbocycles. The van der Waals surface area contributed by atoms with Crippen LogP contribution in [-0.4, -0.2) is 16.7 Å². The van der Waals surface area contributed by atoms with Crippen LogP contribution in [-0.2, 0) is 16.1 Å². The van der Waals surface area contributed by atoms with Gasteiger partial charge in [0.2, 0.25) is 11.8 Å². The van der Waals surface area contributed by atoms with E-state index in [2.05, 4.69) is 18.3 Å². The van der Waals surface area contributed by atoms with Gasteiger partial charge in [0, 0.05) is 18.7 Å². The average molecular weight is 389 g/mol. The van der Waals surface area contributed by atoms with E-state index in [4.69, 9.17) is 0 Å². The van der Waals surface area contributed by atoms with Gasteiger partial charge in [-0.1, -0.05) is 66.7 Å². The van der Waals surface area contributed by atoms with Gasteiger partial charge in [-0.25, -0.2) is 0 Å². The predicted molar refractivity (Wildman–Crippen MR) is 114 cm³/mol. The van der Waals surface area contributed by atoms with Crippen molar-refractivity contribution in [2.75, 3.05) is 0 Å². The second-order valence-corrected chi connectivity index (χ2v) is 8.08. The van der Waals surface area contributed by atoms with E-state index in [1.807, 2.05) is 65.6 Å². The van der Waals surface area contributed by atoms with Crippen LogP contribution in [0.25, 0.3) is 0 Å². The van der Waals surface area contributed by atoms with Crippen LogP contribution in [0, 0.1) is 5.41 Å². The SMILES string of the molecule is C[C@H](c1ccccc1)N1C(=O)CC[C@]2(C(=O)NCc3ccccc3)CCCC=C12. The molecule has 0 spiro atoms. The summed E-state index contributed by atoms with van der Waals surface area (Å²) in [6, 6.07) is 20.0. The number of hydrogen-bond donors (Lipinski definition) is 1. The predicted octanol–water partition coefficient (Wildman–Crippen LogP) is 4.74. The Kier molecular flexibility index (Phi) is 5.52. The fraction of sp³-hybridized carbons (Fsp3) is 0.360. The summed E-state index contributed by atoms with van der Waals surface area (Å²) in [5, 5.41) is 3.15. The summed E-state index contributed by atoms with van der Waals surface area (Å²) in [5.41, 5.74) is 2.47. The molecular weight excluding hydrogens is 360 g/mol. The molecule has 2 aliphatic rings. The first-order chi connectivity index (χ1) is 14.1.